The second kappa shape index (κ2) is 11.4. The molecular weight excluding hydrogens is 308 g/mol. The van der Waals surface area contributed by atoms with Crippen molar-refractivity contribution >= 4 is 0 Å². The highest BCUT2D eigenvalue weighted by atomic mass is 16.5. The first-order valence-electron chi connectivity index (χ1n) is 8.68. The maximum absolute atomic E-state index is 9.96. The summed E-state index contributed by atoms with van der Waals surface area (Å²) < 4.78 is 16.2. The molecule has 1 aromatic rings. The Morgan fingerprint density at radius 1 is 1.29 bits per heavy atom. The van der Waals surface area contributed by atoms with Crippen molar-refractivity contribution in [2.45, 2.75) is 19.1 Å². The molecule has 6 heteroatoms. The molecule has 0 bridgehead atoms. The lowest BCUT2D eigenvalue weighted by Crippen LogP contribution is -2.38. The number of rotatable bonds is 11. The topological polar surface area (TPSA) is 63.2 Å². The van der Waals surface area contributed by atoms with Crippen LogP contribution in [0.1, 0.15) is 12.0 Å². The van der Waals surface area contributed by atoms with Gasteiger partial charge in [0, 0.05) is 25.2 Å². The molecule has 1 aromatic carbocycles. The van der Waals surface area contributed by atoms with Crippen LogP contribution in [0.15, 0.2) is 24.3 Å². The molecule has 1 heterocycles. The van der Waals surface area contributed by atoms with Crippen molar-refractivity contribution in [2.24, 2.45) is 0 Å². The Morgan fingerprint density at radius 2 is 2.08 bits per heavy atom. The second-order valence-electron chi connectivity index (χ2n) is 5.99. The average molecular weight is 338 g/mol. The van der Waals surface area contributed by atoms with Crippen molar-refractivity contribution in [1.82, 2.24) is 10.2 Å². The van der Waals surface area contributed by atoms with Crippen LogP contribution < -0.4 is 10.1 Å². The van der Waals surface area contributed by atoms with Crippen molar-refractivity contribution in [3.05, 3.63) is 29.8 Å². The molecule has 0 saturated carbocycles. The molecule has 0 radical (unpaired) electrons. The smallest absolute Gasteiger partial charge is 0.124 e. The Kier molecular flexibility index (Phi) is 9.09. The van der Waals surface area contributed by atoms with Gasteiger partial charge in [0.15, 0.2) is 0 Å². The first kappa shape index (κ1) is 19.1. The molecule has 1 aliphatic heterocycles. The normalized spacial score (nSPS) is 16.9. The number of benzene rings is 1. The Morgan fingerprint density at radius 3 is 2.88 bits per heavy atom. The van der Waals surface area contributed by atoms with Crippen LogP contribution in [-0.4, -0.2) is 75.8 Å². The number of aliphatic hydroxyl groups is 1. The fourth-order valence-electron chi connectivity index (χ4n) is 2.71. The van der Waals surface area contributed by atoms with Crippen LogP contribution >= 0.6 is 0 Å². The molecule has 0 amide bonds. The lowest BCUT2D eigenvalue weighted by Gasteiger charge is -2.26. The Balaban J connectivity index is 1.49. The SMILES string of the molecule is COc1ccccc1COC[C@H](O)CNCCCN1CCOCC1. The number of hydrogen-bond acceptors (Lipinski definition) is 6. The molecule has 136 valence electrons. The maximum Gasteiger partial charge on any atom is 0.124 e. The zero-order valence-corrected chi connectivity index (χ0v) is 14.6. The predicted octanol–water partition coefficient (Wildman–Crippen LogP) is 0.885. The number of morpholine rings is 1. The number of ether oxygens (including phenoxy) is 3. The third-order valence-electron chi connectivity index (χ3n) is 4.07. The van der Waals surface area contributed by atoms with Gasteiger partial charge in [0.2, 0.25) is 0 Å². The number of methoxy groups -OCH3 is 1. The molecular formula is C18H30N2O4. The van der Waals surface area contributed by atoms with Crippen LogP contribution in [-0.2, 0) is 16.1 Å². The van der Waals surface area contributed by atoms with Crippen molar-refractivity contribution < 1.29 is 19.3 Å². The van der Waals surface area contributed by atoms with E-state index in [2.05, 4.69) is 10.2 Å². The van der Waals surface area contributed by atoms with Crippen LogP contribution in [0.3, 0.4) is 0 Å². The van der Waals surface area contributed by atoms with E-state index in [0.29, 0.717) is 19.8 Å². The Bertz CT molecular complexity index is 452. The molecule has 0 unspecified atom stereocenters. The van der Waals surface area contributed by atoms with Gasteiger partial charge in [-0.2, -0.15) is 0 Å². The number of aliphatic hydroxyl groups excluding tert-OH is 1. The van der Waals surface area contributed by atoms with Gasteiger partial charge in [-0.05, 0) is 25.6 Å². The van der Waals surface area contributed by atoms with E-state index in [1.54, 1.807) is 7.11 Å². The van der Waals surface area contributed by atoms with Gasteiger partial charge in [-0.1, -0.05) is 18.2 Å². The maximum atomic E-state index is 9.96. The third-order valence-corrected chi connectivity index (χ3v) is 4.07. The van der Waals surface area contributed by atoms with Gasteiger partial charge in [-0.25, -0.2) is 0 Å². The number of para-hydroxylation sites is 1. The fourth-order valence-corrected chi connectivity index (χ4v) is 2.71. The van der Waals surface area contributed by atoms with Gasteiger partial charge in [-0.3, -0.25) is 4.90 Å². The van der Waals surface area contributed by atoms with Crippen LogP contribution in [0.25, 0.3) is 0 Å². The van der Waals surface area contributed by atoms with Crippen molar-refractivity contribution in [3.8, 4) is 5.75 Å². The highest BCUT2D eigenvalue weighted by molar-refractivity contribution is 5.32. The van der Waals surface area contributed by atoms with Crippen LogP contribution in [0, 0.1) is 0 Å². The van der Waals surface area contributed by atoms with Crippen molar-refractivity contribution in [3.63, 3.8) is 0 Å². The summed E-state index contributed by atoms with van der Waals surface area (Å²) in [6, 6.07) is 7.76. The van der Waals surface area contributed by atoms with E-state index < -0.39 is 6.10 Å². The zero-order valence-electron chi connectivity index (χ0n) is 14.6. The van der Waals surface area contributed by atoms with Gasteiger partial charge < -0.3 is 24.6 Å². The number of nitrogens with one attached hydrogen (secondary N) is 1. The van der Waals surface area contributed by atoms with E-state index in [1.165, 1.54) is 0 Å². The molecule has 24 heavy (non-hydrogen) atoms. The van der Waals surface area contributed by atoms with Gasteiger partial charge in [0.25, 0.3) is 0 Å². The lowest BCUT2D eigenvalue weighted by atomic mass is 10.2. The molecule has 1 aliphatic rings. The van der Waals surface area contributed by atoms with Gasteiger partial charge in [0.05, 0.1) is 39.6 Å². The first-order valence-corrected chi connectivity index (χ1v) is 8.68. The summed E-state index contributed by atoms with van der Waals surface area (Å²) in [7, 11) is 1.65. The van der Waals surface area contributed by atoms with E-state index in [0.717, 1.165) is 57.1 Å². The van der Waals surface area contributed by atoms with E-state index in [1.807, 2.05) is 24.3 Å². The van der Waals surface area contributed by atoms with Crippen LogP contribution in [0.2, 0.25) is 0 Å². The quantitative estimate of drug-likeness (QED) is 0.584. The Labute approximate surface area is 144 Å². The monoisotopic (exact) mass is 338 g/mol. The second-order valence-corrected chi connectivity index (χ2v) is 5.99. The van der Waals surface area contributed by atoms with Gasteiger partial charge >= 0.3 is 0 Å². The fraction of sp³-hybridized carbons (Fsp3) is 0.667. The van der Waals surface area contributed by atoms with Gasteiger partial charge in [-0.15, -0.1) is 0 Å². The molecule has 0 aliphatic carbocycles. The van der Waals surface area contributed by atoms with E-state index in [-0.39, 0.29) is 0 Å². The summed E-state index contributed by atoms with van der Waals surface area (Å²) in [5.41, 5.74) is 0.991. The molecule has 2 N–H and O–H groups in total. The first-order chi connectivity index (χ1) is 11.8. The number of hydrogen-bond donors (Lipinski definition) is 2. The van der Waals surface area contributed by atoms with Crippen molar-refractivity contribution in [1.29, 1.82) is 0 Å². The molecule has 2 rings (SSSR count). The Hall–Kier alpha value is -1.18. The summed E-state index contributed by atoms with van der Waals surface area (Å²) >= 11 is 0. The summed E-state index contributed by atoms with van der Waals surface area (Å²) in [6.07, 6.45) is 0.581. The molecule has 1 atom stereocenters. The van der Waals surface area contributed by atoms with Crippen LogP contribution in [0.5, 0.6) is 5.75 Å². The molecule has 1 saturated heterocycles. The molecule has 6 nitrogen and oxygen atoms in total. The minimum atomic E-state index is -0.497. The van der Waals surface area contributed by atoms with E-state index in [4.69, 9.17) is 14.2 Å². The lowest BCUT2D eigenvalue weighted by molar-refractivity contribution is 0.0273. The summed E-state index contributed by atoms with van der Waals surface area (Å²) in [5, 5.41) is 13.2. The zero-order chi connectivity index (χ0) is 17.0. The molecule has 0 spiro atoms. The molecule has 1 fully saturated rings. The van der Waals surface area contributed by atoms with Gasteiger partial charge in [0.1, 0.15) is 5.75 Å². The summed E-state index contributed by atoms with van der Waals surface area (Å²) in [4.78, 5) is 2.41. The standard InChI is InChI=1S/C18H30N2O4/c1-22-18-6-3-2-5-16(18)14-24-15-17(21)13-19-7-4-8-20-9-11-23-12-10-20/h2-3,5-6,17,19,21H,4,7-15H2,1H3/t17-/m1/s1. The average Bonchev–Trinajstić information content (AvgIpc) is 2.63. The van der Waals surface area contributed by atoms with E-state index >= 15 is 0 Å². The largest absolute Gasteiger partial charge is 0.496 e. The minimum absolute atomic E-state index is 0.314. The minimum Gasteiger partial charge on any atom is -0.496 e. The summed E-state index contributed by atoms with van der Waals surface area (Å²) in [5.74, 6) is 0.813. The molecule has 0 aromatic heterocycles. The van der Waals surface area contributed by atoms with Crippen LogP contribution in [0.4, 0.5) is 0 Å². The number of nitrogens with zero attached hydrogens (tertiary/aromatic N) is 1. The highest BCUT2D eigenvalue weighted by Crippen LogP contribution is 2.17. The third kappa shape index (κ3) is 7.15. The van der Waals surface area contributed by atoms with Crippen molar-refractivity contribution in [2.75, 3.05) is 59.7 Å². The summed E-state index contributed by atoms with van der Waals surface area (Å²) in [6.45, 7) is 7.03. The predicted molar refractivity (Wildman–Crippen MR) is 93.4 cm³/mol. The van der Waals surface area contributed by atoms with E-state index in [9.17, 15) is 5.11 Å². The highest BCUT2D eigenvalue weighted by Gasteiger charge is 2.10.